The molecule has 136 heavy (non-hydrogen) atoms. The smallest absolute Gasteiger partial charge is 0.152 e. The first-order chi connectivity index (χ1) is 63.8. The van der Waals surface area contributed by atoms with E-state index in [2.05, 4.69) is 234 Å². The standard InChI is InChI=1S/C18H24N2O.C18H27NO2.C17H25NO.C16H23NO.C12H23NO2.C12H23NO.C11H22N2O.C11H19NO2/c1-11(2)18(21)17-9-14-13-7-5-6-8-15(13)19-16(14)10-20(17)12(3)4;1-13(2)18(20)17-10-16(11-19(17)14(3)4)21-12-15-8-6-5-7-9-15;1-12(2)17(19)16-11-10-15(18(16)13(3)4)14-8-6-5-7-9-14;1-11(2)16(18)15-9-13-7-5-6-8-14(13)10-17(15)12(3)4;1-8(2)12(14)11-6-10(15-5)7-13(11)9(3)4;1-8(2)12(14)11-10(5)6-7-13(11)9(3)4;1-7(2)11(14)10-5-9(12)6-13(10)8(3)4;1-7(2)11(14)10-5-9(13)6-12(10)8(3)4/h5-8,11-12,17,19H,9-10H2,1-4H3;5-9,13-14,16-17H,10-12H2,1-4H3;5-9,12-13,15-16H,10-11H2,1-4H3;5-8,11-12,15H,9-10H2,1-4H3;8-11H,6-7H2,1-5H3;8-11H,6-7H2,1-5H3;7-10H,5-6,12H2,1-4H3;7-8,10H,5-6H2,1-4H3/t;16?,17-;15?,16-;15-;10?,11-;10-,11-;9?,10-;10-/m.0000000/s1. The first-order valence-corrected chi connectivity index (χ1v) is 52.3. The predicted molar refractivity (Wildman–Crippen MR) is 558 cm³/mol. The number of benzene rings is 4. The molecule has 1 aromatic heterocycles. The Morgan fingerprint density at radius 3 is 1.21 bits per heavy atom. The van der Waals surface area contributed by atoms with Crippen LogP contribution in [0.2, 0.25) is 0 Å². The molecule has 13 rings (SSSR count). The molecule has 21 heteroatoms. The van der Waals surface area contributed by atoms with E-state index >= 15 is 0 Å². The molecule has 6 fully saturated rings. The number of ketones is 9. The lowest BCUT2D eigenvalue weighted by molar-refractivity contribution is -0.129. The molecule has 9 heterocycles. The second-order valence-corrected chi connectivity index (χ2v) is 44.6. The normalized spacial score (nSPS) is 24.2. The highest BCUT2D eigenvalue weighted by Gasteiger charge is 2.46. The van der Waals surface area contributed by atoms with Crippen molar-refractivity contribution in [1.29, 1.82) is 0 Å². The van der Waals surface area contributed by atoms with Crippen molar-refractivity contribution in [3.63, 3.8) is 0 Å². The van der Waals surface area contributed by atoms with Crippen molar-refractivity contribution in [2.24, 2.45) is 59.0 Å². The van der Waals surface area contributed by atoms with Gasteiger partial charge in [0.1, 0.15) is 5.78 Å². The van der Waals surface area contributed by atoms with Gasteiger partial charge in [-0.05, 0) is 208 Å². The summed E-state index contributed by atoms with van der Waals surface area (Å²) in [5.41, 5.74) is 14.9. The van der Waals surface area contributed by atoms with Gasteiger partial charge in [-0.3, -0.25) is 82.4 Å². The molecule has 0 bridgehead atoms. The molecular weight excluding hydrogens is 1700 g/mol. The fourth-order valence-corrected chi connectivity index (χ4v) is 21.0. The van der Waals surface area contributed by atoms with E-state index in [1.165, 1.54) is 50.8 Å². The number of H-pyrrole nitrogens is 1. The van der Waals surface area contributed by atoms with Crippen LogP contribution in [0.3, 0.4) is 0 Å². The molecule has 8 aliphatic rings. The van der Waals surface area contributed by atoms with Gasteiger partial charge in [0.05, 0.1) is 73.7 Å². The highest BCUT2D eigenvalue weighted by molar-refractivity contribution is 5.96. The fourth-order valence-electron chi connectivity index (χ4n) is 21.0. The Kier molecular flexibility index (Phi) is 48.0. The number of hydrogen-bond acceptors (Lipinski definition) is 20. The number of aromatic nitrogens is 1. The monoisotopic (exact) mass is 1880 g/mol. The number of likely N-dealkylation sites (tertiary alicyclic amines) is 6. The molecule has 0 spiro atoms. The number of nitrogens with two attached hydrogens (primary N) is 1. The molecule has 0 radical (unpaired) electrons. The van der Waals surface area contributed by atoms with Gasteiger partial charge in [-0.1, -0.05) is 221 Å². The maximum absolute atomic E-state index is 12.6. The van der Waals surface area contributed by atoms with Crippen LogP contribution in [0, 0.1) is 53.3 Å². The van der Waals surface area contributed by atoms with E-state index in [0.717, 1.165) is 84.2 Å². The fraction of sp³-hybridized carbons (Fsp3) is 0.696. The Morgan fingerprint density at radius 1 is 0.368 bits per heavy atom. The van der Waals surface area contributed by atoms with Gasteiger partial charge in [0.15, 0.2) is 46.3 Å². The second kappa shape index (κ2) is 55.4. The maximum Gasteiger partial charge on any atom is 0.152 e. The molecule has 0 amide bonds. The molecule has 5 unspecified atom stereocenters. The number of rotatable bonds is 29. The molecule has 4 aromatic carbocycles. The largest absolute Gasteiger partial charge is 0.380 e. The third kappa shape index (κ3) is 32.8. The van der Waals surface area contributed by atoms with Crippen molar-refractivity contribution in [3.05, 3.63) is 143 Å². The van der Waals surface area contributed by atoms with E-state index in [1.54, 1.807) is 7.11 Å². The number of para-hydroxylation sites is 1. The number of aromatic amines is 1. The summed E-state index contributed by atoms with van der Waals surface area (Å²) in [5.74, 6) is 4.34. The number of nitrogens with zero attached hydrogens (tertiary/aromatic N) is 8. The van der Waals surface area contributed by atoms with Crippen LogP contribution in [0.5, 0.6) is 0 Å². The molecule has 0 aliphatic carbocycles. The van der Waals surface area contributed by atoms with E-state index in [1.807, 2.05) is 148 Å². The van der Waals surface area contributed by atoms with Gasteiger partial charge in [0, 0.05) is 171 Å². The molecule has 13 atom stereocenters. The number of carbonyl (C=O) groups excluding carboxylic acids is 9. The molecule has 21 nitrogen and oxygen atoms in total. The van der Waals surface area contributed by atoms with E-state index in [-0.39, 0.29) is 132 Å². The Morgan fingerprint density at radius 2 is 0.750 bits per heavy atom. The zero-order valence-corrected chi connectivity index (χ0v) is 90.8. The topological polar surface area (TPSA) is 240 Å². The SMILES string of the molecule is CC(C)C(=O)C1Cc2c([nH]c3ccccc23)CN1C(C)C.CC(C)C(=O)[C@@H]1CC(=O)CN1C(C)C.CC(C)C(=O)[C@@H]1CC(N)CN1C(C)C.CC(C)C(=O)[C@@H]1CC(OCc2ccccc2)CN1C(C)C.CC(C)C(=O)[C@@H]1CCC(c2ccccc2)N1C(C)C.CC(C)C(=O)[C@@H]1Cc2ccccc2CN1C(C)C.CC(C)C(=O)[C@@H]1[C@@H](C)CCN1C(C)C.COC1C[C@@H](C(=O)C(C)C)N(C(C)C)C1. The minimum Gasteiger partial charge on any atom is -0.380 e. The van der Waals surface area contributed by atoms with Crippen molar-refractivity contribution in [2.75, 3.05) is 39.8 Å². The van der Waals surface area contributed by atoms with Gasteiger partial charge in [0.2, 0.25) is 0 Å². The Hall–Kier alpha value is -6.99. The van der Waals surface area contributed by atoms with Crippen LogP contribution in [0.25, 0.3) is 10.9 Å². The van der Waals surface area contributed by atoms with Crippen LogP contribution in [0.4, 0.5) is 0 Å². The number of methoxy groups -OCH3 is 1. The number of nitrogens with one attached hydrogen (secondary N) is 1. The number of Topliss-reactive ketones (excluding diaryl/α,β-unsaturated/α-hetero) is 9. The summed E-state index contributed by atoms with van der Waals surface area (Å²) in [6, 6.07) is 41.8. The van der Waals surface area contributed by atoms with E-state index in [9.17, 15) is 43.2 Å². The molecule has 762 valence electrons. The van der Waals surface area contributed by atoms with Crippen molar-refractivity contribution < 1.29 is 52.6 Å². The van der Waals surface area contributed by atoms with Crippen LogP contribution < -0.4 is 5.73 Å². The predicted octanol–water partition coefficient (Wildman–Crippen LogP) is 20.0. The summed E-state index contributed by atoms with van der Waals surface area (Å²) in [5, 5.41) is 1.28. The summed E-state index contributed by atoms with van der Waals surface area (Å²) in [4.78, 5) is 131. The summed E-state index contributed by atoms with van der Waals surface area (Å²) >= 11 is 0. The van der Waals surface area contributed by atoms with E-state index < -0.39 is 0 Å². The van der Waals surface area contributed by atoms with Crippen LogP contribution in [0.1, 0.15) is 313 Å². The summed E-state index contributed by atoms with van der Waals surface area (Å²) < 4.78 is 11.4. The quantitative estimate of drug-likeness (QED) is 0.0452. The molecule has 5 aromatic rings. The van der Waals surface area contributed by atoms with Gasteiger partial charge in [0.25, 0.3) is 0 Å². The van der Waals surface area contributed by atoms with Gasteiger partial charge in [-0.15, -0.1) is 0 Å². The maximum atomic E-state index is 12.6. The van der Waals surface area contributed by atoms with Crippen molar-refractivity contribution in [3.8, 4) is 0 Å². The lowest BCUT2D eigenvalue weighted by Gasteiger charge is -2.39. The van der Waals surface area contributed by atoms with E-state index in [4.69, 9.17) is 15.2 Å². The highest BCUT2D eigenvalue weighted by Crippen LogP contribution is 2.40. The van der Waals surface area contributed by atoms with Crippen LogP contribution in [0.15, 0.2) is 109 Å². The number of hydrogen-bond donors (Lipinski definition) is 2. The number of carbonyl (C=O) groups is 9. The average Bonchev–Trinajstić information content (AvgIpc) is 1.57. The third-order valence-corrected chi connectivity index (χ3v) is 28.9. The number of fused-ring (bicyclic) bond motifs is 4. The zero-order chi connectivity index (χ0) is 102. The lowest BCUT2D eigenvalue weighted by Crippen LogP contribution is -2.50. The summed E-state index contributed by atoms with van der Waals surface area (Å²) in [6.07, 6.45) is 8.24. The first-order valence-electron chi connectivity index (χ1n) is 52.3. The molecular formula is C115H186N10O11. The minimum absolute atomic E-state index is 0.0108. The average molecular weight is 1880 g/mol. The van der Waals surface area contributed by atoms with Crippen LogP contribution >= 0.6 is 0 Å². The van der Waals surface area contributed by atoms with Gasteiger partial charge < -0.3 is 20.2 Å². The number of ether oxygens (including phenoxy) is 2. The lowest BCUT2D eigenvalue weighted by atomic mass is 9.87. The molecule has 0 saturated carbocycles. The molecule has 8 aliphatic heterocycles. The molecule has 6 saturated heterocycles. The second-order valence-electron chi connectivity index (χ2n) is 44.6. The van der Waals surface area contributed by atoms with Crippen LogP contribution in [-0.4, -0.2) is 251 Å². The first kappa shape index (κ1) is 118. The minimum atomic E-state index is -0.164. The molecule has 3 N–H and O–H groups in total. The highest BCUT2D eigenvalue weighted by atomic mass is 16.5. The van der Waals surface area contributed by atoms with Gasteiger partial charge >= 0.3 is 0 Å². The van der Waals surface area contributed by atoms with Crippen LogP contribution in [-0.2, 0) is 85.2 Å². The summed E-state index contributed by atoms with van der Waals surface area (Å²) in [6.45, 7) is 74.7. The van der Waals surface area contributed by atoms with E-state index in [0.29, 0.717) is 114 Å². The van der Waals surface area contributed by atoms with Gasteiger partial charge in [-0.25, -0.2) is 0 Å². The van der Waals surface area contributed by atoms with Crippen molar-refractivity contribution in [2.45, 2.75) is 427 Å². The van der Waals surface area contributed by atoms with Gasteiger partial charge in [-0.2, -0.15) is 0 Å². The Bertz CT molecular complexity index is 4520. The Labute approximate surface area is 823 Å². The zero-order valence-electron chi connectivity index (χ0n) is 90.8. The van der Waals surface area contributed by atoms with Crippen molar-refractivity contribution in [1.82, 2.24) is 44.2 Å². The Balaban J connectivity index is 0.000000240. The summed E-state index contributed by atoms with van der Waals surface area (Å²) in [7, 11) is 1.73. The third-order valence-electron chi connectivity index (χ3n) is 28.9. The van der Waals surface area contributed by atoms with Crippen molar-refractivity contribution >= 4 is 63.0 Å².